The summed E-state index contributed by atoms with van der Waals surface area (Å²) in [4.78, 5) is 28.0. The highest BCUT2D eigenvalue weighted by molar-refractivity contribution is 5.94. The number of hydrogen-bond donors (Lipinski definition) is 2. The van der Waals surface area contributed by atoms with Gasteiger partial charge >= 0.3 is 5.97 Å². The molecular weight excluding hydrogens is 346 g/mol. The van der Waals surface area contributed by atoms with Gasteiger partial charge in [-0.05, 0) is 50.5 Å². The standard InChI is InChI=1S/C19H19N5O3/c1-11-17(18(25)21-13-8-7-12(10-13)19(26)27)22-23-24(11)16-6-2-5-15-14(16)4-3-9-20-15/h2-6,9,12-13H,7-8,10H2,1H3,(H,21,25)(H,26,27)/t12-,13+/m0/s1. The molecule has 1 fully saturated rings. The topological polar surface area (TPSA) is 110 Å². The molecule has 2 aromatic heterocycles. The number of hydrogen-bond acceptors (Lipinski definition) is 5. The normalized spacial score (nSPS) is 19.3. The fourth-order valence-electron chi connectivity index (χ4n) is 3.63. The van der Waals surface area contributed by atoms with Crippen molar-refractivity contribution in [2.45, 2.75) is 32.2 Å². The minimum Gasteiger partial charge on any atom is -0.481 e. The van der Waals surface area contributed by atoms with E-state index in [2.05, 4.69) is 20.6 Å². The van der Waals surface area contributed by atoms with Gasteiger partial charge in [0.25, 0.3) is 5.91 Å². The lowest BCUT2D eigenvalue weighted by Crippen LogP contribution is -2.34. The summed E-state index contributed by atoms with van der Waals surface area (Å²) in [6, 6.07) is 9.36. The Bertz CT molecular complexity index is 1020. The van der Waals surface area contributed by atoms with E-state index in [1.54, 1.807) is 17.8 Å². The number of carboxylic acids is 1. The van der Waals surface area contributed by atoms with Crippen LogP contribution in [0.3, 0.4) is 0 Å². The molecule has 8 nitrogen and oxygen atoms in total. The Morgan fingerprint density at radius 3 is 2.85 bits per heavy atom. The summed E-state index contributed by atoms with van der Waals surface area (Å²) in [6.45, 7) is 1.79. The highest BCUT2D eigenvalue weighted by Gasteiger charge is 2.31. The van der Waals surface area contributed by atoms with Gasteiger partial charge in [-0.3, -0.25) is 14.6 Å². The van der Waals surface area contributed by atoms with E-state index in [0.29, 0.717) is 25.0 Å². The number of aliphatic carboxylic acids is 1. The van der Waals surface area contributed by atoms with Crippen LogP contribution >= 0.6 is 0 Å². The van der Waals surface area contributed by atoms with Gasteiger partial charge in [0, 0.05) is 17.6 Å². The van der Waals surface area contributed by atoms with Crippen molar-refractivity contribution in [1.29, 1.82) is 0 Å². The molecule has 0 saturated heterocycles. The number of amides is 1. The summed E-state index contributed by atoms with van der Waals surface area (Å²) in [6.07, 6.45) is 3.41. The molecule has 1 aliphatic rings. The Labute approximate surface area is 155 Å². The summed E-state index contributed by atoms with van der Waals surface area (Å²) >= 11 is 0. The molecule has 27 heavy (non-hydrogen) atoms. The van der Waals surface area contributed by atoms with Crippen molar-refractivity contribution in [1.82, 2.24) is 25.3 Å². The first kappa shape index (κ1) is 17.1. The molecule has 0 spiro atoms. The van der Waals surface area contributed by atoms with Crippen molar-refractivity contribution in [2.75, 3.05) is 0 Å². The van der Waals surface area contributed by atoms with E-state index in [0.717, 1.165) is 16.6 Å². The van der Waals surface area contributed by atoms with E-state index in [9.17, 15) is 9.59 Å². The van der Waals surface area contributed by atoms with Crippen LogP contribution in [0.15, 0.2) is 36.5 Å². The first-order chi connectivity index (χ1) is 13.0. The molecule has 2 atom stereocenters. The third kappa shape index (κ3) is 3.14. The average molecular weight is 365 g/mol. The van der Waals surface area contributed by atoms with Crippen LogP contribution in [-0.4, -0.2) is 43.0 Å². The number of carboxylic acid groups (broad SMARTS) is 1. The molecule has 1 aromatic carbocycles. The number of nitrogens with zero attached hydrogens (tertiary/aromatic N) is 4. The number of rotatable bonds is 4. The van der Waals surface area contributed by atoms with Crippen molar-refractivity contribution in [2.24, 2.45) is 5.92 Å². The van der Waals surface area contributed by atoms with Crippen LogP contribution < -0.4 is 5.32 Å². The van der Waals surface area contributed by atoms with Gasteiger partial charge in [0.15, 0.2) is 5.69 Å². The van der Waals surface area contributed by atoms with E-state index in [-0.39, 0.29) is 17.6 Å². The summed E-state index contributed by atoms with van der Waals surface area (Å²) in [5, 5.41) is 21.1. The molecule has 0 radical (unpaired) electrons. The monoisotopic (exact) mass is 365 g/mol. The molecule has 1 amide bonds. The van der Waals surface area contributed by atoms with Crippen LogP contribution in [-0.2, 0) is 4.79 Å². The van der Waals surface area contributed by atoms with Gasteiger partial charge in [-0.15, -0.1) is 5.10 Å². The lowest BCUT2D eigenvalue weighted by molar-refractivity contribution is -0.141. The molecule has 138 valence electrons. The number of aromatic nitrogens is 4. The van der Waals surface area contributed by atoms with E-state index >= 15 is 0 Å². The molecule has 0 unspecified atom stereocenters. The summed E-state index contributed by atoms with van der Waals surface area (Å²) in [7, 11) is 0. The fraction of sp³-hybridized carbons (Fsp3) is 0.316. The molecule has 0 aliphatic heterocycles. The van der Waals surface area contributed by atoms with Crippen molar-refractivity contribution in [3.8, 4) is 5.69 Å². The van der Waals surface area contributed by atoms with Crippen molar-refractivity contribution >= 4 is 22.8 Å². The number of benzene rings is 1. The van der Waals surface area contributed by atoms with Crippen LogP contribution in [0.1, 0.15) is 35.4 Å². The Morgan fingerprint density at radius 2 is 2.07 bits per heavy atom. The predicted molar refractivity (Wildman–Crippen MR) is 97.6 cm³/mol. The summed E-state index contributed by atoms with van der Waals surface area (Å²) in [5.74, 6) is -1.53. The van der Waals surface area contributed by atoms with Gasteiger partial charge in [-0.1, -0.05) is 11.3 Å². The molecule has 1 aliphatic carbocycles. The van der Waals surface area contributed by atoms with Crippen LogP contribution in [0.25, 0.3) is 16.6 Å². The second-order valence-electron chi connectivity index (χ2n) is 6.80. The van der Waals surface area contributed by atoms with Crippen molar-refractivity contribution < 1.29 is 14.7 Å². The maximum Gasteiger partial charge on any atom is 0.306 e. The van der Waals surface area contributed by atoms with E-state index in [4.69, 9.17) is 5.11 Å². The van der Waals surface area contributed by atoms with Gasteiger partial charge in [0.1, 0.15) is 0 Å². The quantitative estimate of drug-likeness (QED) is 0.733. The van der Waals surface area contributed by atoms with Crippen molar-refractivity contribution in [3.63, 3.8) is 0 Å². The van der Waals surface area contributed by atoms with Gasteiger partial charge in [-0.25, -0.2) is 4.68 Å². The molecule has 4 rings (SSSR count). The second kappa shape index (κ2) is 6.79. The minimum absolute atomic E-state index is 0.148. The number of pyridine rings is 1. The van der Waals surface area contributed by atoms with E-state index in [1.807, 2.05) is 30.3 Å². The summed E-state index contributed by atoms with van der Waals surface area (Å²) < 4.78 is 1.63. The zero-order valence-electron chi connectivity index (χ0n) is 14.8. The van der Waals surface area contributed by atoms with E-state index in [1.165, 1.54) is 0 Å². The van der Waals surface area contributed by atoms with Crippen LogP contribution in [0.4, 0.5) is 0 Å². The Kier molecular flexibility index (Phi) is 4.31. The average Bonchev–Trinajstić information content (AvgIpc) is 3.28. The Morgan fingerprint density at radius 1 is 1.22 bits per heavy atom. The molecule has 3 aromatic rings. The highest BCUT2D eigenvalue weighted by atomic mass is 16.4. The molecule has 2 N–H and O–H groups in total. The SMILES string of the molecule is Cc1c(C(=O)N[C@@H]2CC[C@H](C(=O)O)C2)nnn1-c1cccc2ncccc12. The predicted octanol–water partition coefficient (Wildman–Crippen LogP) is 2.11. The van der Waals surface area contributed by atoms with Gasteiger partial charge in [-0.2, -0.15) is 0 Å². The Hall–Kier alpha value is -3.29. The molecular formula is C19H19N5O3. The summed E-state index contributed by atoms with van der Waals surface area (Å²) in [5.41, 5.74) is 2.50. The number of carbonyl (C=O) groups excluding carboxylic acids is 1. The smallest absolute Gasteiger partial charge is 0.306 e. The zero-order chi connectivity index (χ0) is 19.0. The fourth-order valence-corrected chi connectivity index (χ4v) is 3.63. The van der Waals surface area contributed by atoms with Gasteiger partial charge in [0.05, 0.1) is 22.8 Å². The first-order valence-electron chi connectivity index (χ1n) is 8.84. The minimum atomic E-state index is -0.807. The maximum absolute atomic E-state index is 12.6. The lowest BCUT2D eigenvalue weighted by Gasteiger charge is -2.11. The molecule has 2 heterocycles. The third-order valence-electron chi connectivity index (χ3n) is 5.08. The van der Waals surface area contributed by atoms with Crippen LogP contribution in [0, 0.1) is 12.8 Å². The lowest BCUT2D eigenvalue weighted by atomic mass is 10.1. The molecule has 0 bridgehead atoms. The van der Waals surface area contributed by atoms with Crippen LogP contribution in [0.5, 0.6) is 0 Å². The van der Waals surface area contributed by atoms with E-state index < -0.39 is 11.9 Å². The number of nitrogens with one attached hydrogen (secondary N) is 1. The Balaban J connectivity index is 1.59. The van der Waals surface area contributed by atoms with Gasteiger partial charge < -0.3 is 10.4 Å². The number of carbonyl (C=O) groups is 2. The largest absolute Gasteiger partial charge is 0.481 e. The molecule has 1 saturated carbocycles. The third-order valence-corrected chi connectivity index (χ3v) is 5.08. The van der Waals surface area contributed by atoms with Crippen molar-refractivity contribution in [3.05, 3.63) is 47.9 Å². The second-order valence-corrected chi connectivity index (χ2v) is 6.80. The van der Waals surface area contributed by atoms with Crippen LogP contribution in [0.2, 0.25) is 0 Å². The number of fused-ring (bicyclic) bond motifs is 1. The zero-order valence-corrected chi connectivity index (χ0v) is 14.8. The molecule has 8 heteroatoms. The first-order valence-corrected chi connectivity index (χ1v) is 8.84. The maximum atomic E-state index is 12.6. The van der Waals surface area contributed by atoms with Gasteiger partial charge in [0.2, 0.25) is 0 Å². The highest BCUT2D eigenvalue weighted by Crippen LogP contribution is 2.26.